The van der Waals surface area contributed by atoms with Gasteiger partial charge in [0.25, 0.3) is 0 Å². The molecule has 0 aromatic carbocycles. The Morgan fingerprint density at radius 1 is 1.67 bits per heavy atom. The first kappa shape index (κ1) is 7.84. The van der Waals surface area contributed by atoms with Gasteiger partial charge >= 0.3 is 0 Å². The lowest BCUT2D eigenvalue weighted by Gasteiger charge is -2.29. The molecule has 0 N–H and O–H groups in total. The van der Waals surface area contributed by atoms with Crippen LogP contribution in [0.5, 0.6) is 0 Å². The van der Waals surface area contributed by atoms with Gasteiger partial charge in [0.1, 0.15) is 0 Å². The van der Waals surface area contributed by atoms with Crippen LogP contribution in [0.25, 0.3) is 0 Å². The number of nitrogens with zero attached hydrogens (tertiary/aromatic N) is 2. The van der Waals surface area contributed by atoms with Crippen LogP contribution in [0.2, 0.25) is 0 Å². The number of rotatable bonds is 1. The Morgan fingerprint density at radius 3 is 3.25 bits per heavy atom. The van der Waals surface area contributed by atoms with Gasteiger partial charge < -0.3 is 4.57 Å². The van der Waals surface area contributed by atoms with Crippen molar-refractivity contribution in [2.24, 2.45) is 11.8 Å². The van der Waals surface area contributed by atoms with Crippen molar-refractivity contribution in [3.05, 3.63) is 18.2 Å². The van der Waals surface area contributed by atoms with Gasteiger partial charge in [0.15, 0.2) is 0 Å². The molecule has 0 radical (unpaired) electrons. The van der Waals surface area contributed by atoms with E-state index < -0.39 is 0 Å². The molecular formula is C10H16N2. The van der Waals surface area contributed by atoms with E-state index in [1.807, 2.05) is 12.5 Å². The number of fused-ring (bicyclic) bond motifs is 1. The minimum Gasteiger partial charge on any atom is -0.334 e. The summed E-state index contributed by atoms with van der Waals surface area (Å²) in [6.45, 7) is 5.81. The van der Waals surface area contributed by atoms with Crippen molar-refractivity contribution in [2.45, 2.75) is 33.2 Å². The van der Waals surface area contributed by atoms with Crippen molar-refractivity contribution >= 4 is 0 Å². The van der Waals surface area contributed by atoms with E-state index >= 15 is 0 Å². The third kappa shape index (κ3) is 1.15. The highest BCUT2D eigenvalue weighted by Crippen LogP contribution is 2.27. The van der Waals surface area contributed by atoms with E-state index in [1.165, 1.54) is 25.1 Å². The van der Waals surface area contributed by atoms with Gasteiger partial charge in [0, 0.05) is 18.4 Å². The lowest BCUT2D eigenvalue weighted by Crippen LogP contribution is -2.26. The molecule has 2 heterocycles. The number of aromatic nitrogens is 2. The predicted octanol–water partition coefficient (Wildman–Crippen LogP) is 2.10. The Labute approximate surface area is 73.6 Å². The third-order valence-corrected chi connectivity index (χ3v) is 3.09. The maximum Gasteiger partial charge on any atom is 0.0948 e. The summed E-state index contributed by atoms with van der Waals surface area (Å²) in [6, 6.07) is 0. The van der Waals surface area contributed by atoms with Crippen LogP contribution in [0, 0.1) is 11.8 Å². The molecule has 0 saturated carbocycles. The molecule has 2 heteroatoms. The van der Waals surface area contributed by atoms with Gasteiger partial charge in [-0.1, -0.05) is 20.3 Å². The van der Waals surface area contributed by atoms with E-state index in [4.69, 9.17) is 0 Å². The summed E-state index contributed by atoms with van der Waals surface area (Å²) in [4.78, 5) is 4.17. The highest BCUT2D eigenvalue weighted by molar-refractivity contribution is 5.03. The molecule has 2 nitrogen and oxygen atoms in total. The van der Waals surface area contributed by atoms with Crippen molar-refractivity contribution in [2.75, 3.05) is 0 Å². The van der Waals surface area contributed by atoms with Gasteiger partial charge in [0.2, 0.25) is 0 Å². The van der Waals surface area contributed by atoms with Crippen LogP contribution in [-0.4, -0.2) is 9.55 Å². The molecule has 1 aliphatic heterocycles. The van der Waals surface area contributed by atoms with E-state index in [9.17, 15) is 0 Å². The van der Waals surface area contributed by atoms with E-state index in [0.29, 0.717) is 0 Å². The summed E-state index contributed by atoms with van der Waals surface area (Å²) >= 11 is 0. The Morgan fingerprint density at radius 2 is 2.50 bits per heavy atom. The molecule has 1 aliphatic rings. The van der Waals surface area contributed by atoms with Crippen LogP contribution in [0.4, 0.5) is 0 Å². The van der Waals surface area contributed by atoms with E-state index in [0.717, 1.165) is 11.8 Å². The summed E-state index contributed by atoms with van der Waals surface area (Å²) in [6.07, 6.45) is 6.46. The molecule has 0 saturated heterocycles. The quantitative estimate of drug-likeness (QED) is 0.621. The van der Waals surface area contributed by atoms with Crippen molar-refractivity contribution in [3.63, 3.8) is 0 Å². The van der Waals surface area contributed by atoms with Gasteiger partial charge in [-0.2, -0.15) is 0 Å². The lowest BCUT2D eigenvalue weighted by molar-refractivity contribution is 0.265. The van der Waals surface area contributed by atoms with Crippen LogP contribution in [-0.2, 0) is 13.0 Å². The molecule has 2 unspecified atom stereocenters. The highest BCUT2D eigenvalue weighted by atomic mass is 15.1. The second-order valence-corrected chi connectivity index (χ2v) is 3.89. The number of imidazole rings is 1. The fourth-order valence-electron chi connectivity index (χ4n) is 2.14. The Kier molecular flexibility index (Phi) is 1.91. The fraction of sp³-hybridized carbons (Fsp3) is 0.700. The zero-order valence-corrected chi connectivity index (χ0v) is 7.83. The van der Waals surface area contributed by atoms with Crippen molar-refractivity contribution in [1.82, 2.24) is 9.55 Å². The minimum atomic E-state index is 0.833. The Hall–Kier alpha value is -0.790. The highest BCUT2D eigenvalue weighted by Gasteiger charge is 2.23. The SMILES string of the molecule is CCC1Cn2cncc2CC1C. The van der Waals surface area contributed by atoms with Gasteiger partial charge in [-0.25, -0.2) is 4.98 Å². The van der Waals surface area contributed by atoms with Crippen LogP contribution >= 0.6 is 0 Å². The normalized spacial score (nSPS) is 28.5. The molecule has 12 heavy (non-hydrogen) atoms. The summed E-state index contributed by atoms with van der Waals surface area (Å²) in [5, 5.41) is 0. The molecule has 66 valence electrons. The maximum absolute atomic E-state index is 4.17. The average Bonchev–Trinajstić information content (AvgIpc) is 2.49. The van der Waals surface area contributed by atoms with Crippen LogP contribution < -0.4 is 0 Å². The summed E-state index contributed by atoms with van der Waals surface area (Å²) < 4.78 is 2.30. The van der Waals surface area contributed by atoms with E-state index in [1.54, 1.807) is 0 Å². The van der Waals surface area contributed by atoms with Crippen LogP contribution in [0.3, 0.4) is 0 Å². The third-order valence-electron chi connectivity index (χ3n) is 3.09. The standard InChI is InChI=1S/C10H16N2/c1-3-9-6-12-7-11-5-10(12)4-8(9)2/h5,7-9H,3-4,6H2,1-2H3. The largest absolute Gasteiger partial charge is 0.334 e. The van der Waals surface area contributed by atoms with Crippen LogP contribution in [0.1, 0.15) is 26.0 Å². The molecule has 0 aliphatic carbocycles. The number of hydrogen-bond acceptors (Lipinski definition) is 1. The van der Waals surface area contributed by atoms with Gasteiger partial charge in [-0.15, -0.1) is 0 Å². The smallest absolute Gasteiger partial charge is 0.0948 e. The fourth-order valence-corrected chi connectivity index (χ4v) is 2.14. The predicted molar refractivity (Wildman–Crippen MR) is 48.9 cm³/mol. The molecule has 0 amide bonds. The second kappa shape index (κ2) is 2.92. The Balaban J connectivity index is 2.23. The first-order valence-electron chi connectivity index (χ1n) is 4.80. The lowest BCUT2D eigenvalue weighted by atomic mass is 9.85. The summed E-state index contributed by atoms with van der Waals surface area (Å²) in [5.41, 5.74) is 1.41. The molecule has 1 aromatic heterocycles. The monoisotopic (exact) mass is 164 g/mol. The molecular weight excluding hydrogens is 148 g/mol. The van der Waals surface area contributed by atoms with Crippen LogP contribution in [0.15, 0.2) is 12.5 Å². The van der Waals surface area contributed by atoms with Gasteiger partial charge in [-0.3, -0.25) is 0 Å². The van der Waals surface area contributed by atoms with E-state index in [2.05, 4.69) is 23.4 Å². The maximum atomic E-state index is 4.17. The van der Waals surface area contributed by atoms with Gasteiger partial charge in [0.05, 0.1) is 6.33 Å². The topological polar surface area (TPSA) is 17.8 Å². The molecule has 0 bridgehead atoms. The molecule has 2 atom stereocenters. The van der Waals surface area contributed by atoms with Crippen molar-refractivity contribution in [3.8, 4) is 0 Å². The second-order valence-electron chi connectivity index (χ2n) is 3.89. The first-order valence-corrected chi connectivity index (χ1v) is 4.80. The average molecular weight is 164 g/mol. The summed E-state index contributed by atoms with van der Waals surface area (Å²) in [7, 11) is 0. The van der Waals surface area contributed by atoms with E-state index in [-0.39, 0.29) is 0 Å². The summed E-state index contributed by atoms with van der Waals surface area (Å²) in [5.74, 6) is 1.69. The minimum absolute atomic E-state index is 0.833. The molecule has 2 rings (SSSR count). The van der Waals surface area contributed by atoms with Crippen molar-refractivity contribution in [1.29, 1.82) is 0 Å². The first-order chi connectivity index (χ1) is 5.81. The van der Waals surface area contributed by atoms with Gasteiger partial charge in [-0.05, 0) is 18.3 Å². The zero-order chi connectivity index (χ0) is 8.55. The zero-order valence-electron chi connectivity index (χ0n) is 7.83. The number of hydrogen-bond donors (Lipinski definition) is 0. The Bertz CT molecular complexity index is 265. The molecule has 0 fully saturated rings. The molecule has 1 aromatic rings. The molecule has 0 spiro atoms. The van der Waals surface area contributed by atoms with Crippen molar-refractivity contribution < 1.29 is 0 Å².